The van der Waals surface area contributed by atoms with E-state index in [1.54, 1.807) is 41.2 Å². The van der Waals surface area contributed by atoms with E-state index >= 15 is 0 Å². The highest BCUT2D eigenvalue weighted by molar-refractivity contribution is 8.01. The summed E-state index contributed by atoms with van der Waals surface area (Å²) >= 11 is 1.59. The van der Waals surface area contributed by atoms with E-state index in [1.165, 1.54) is 0 Å². The van der Waals surface area contributed by atoms with Crippen LogP contribution in [-0.4, -0.2) is 37.1 Å². The predicted octanol–water partition coefficient (Wildman–Crippen LogP) is 1.32. The molecule has 0 bridgehead atoms. The molecule has 20 heavy (non-hydrogen) atoms. The summed E-state index contributed by atoms with van der Waals surface area (Å²) in [5, 5.41) is 19.5. The highest BCUT2D eigenvalue weighted by Crippen LogP contribution is 2.55. The molecule has 0 aromatic carbocycles. The second kappa shape index (κ2) is 4.47. The third kappa shape index (κ3) is 1.74. The van der Waals surface area contributed by atoms with Crippen LogP contribution in [0.25, 0.3) is 0 Å². The molecule has 4 atom stereocenters. The van der Waals surface area contributed by atoms with Crippen LogP contribution in [-0.2, 0) is 4.79 Å². The maximum absolute atomic E-state index is 12.3. The molecule has 0 saturated carbocycles. The van der Waals surface area contributed by atoms with Gasteiger partial charge in [-0.1, -0.05) is 6.07 Å². The molecule has 104 valence electrons. The van der Waals surface area contributed by atoms with Crippen LogP contribution < -0.4 is 0 Å². The molecule has 1 N–H and O–H groups in total. The van der Waals surface area contributed by atoms with Gasteiger partial charge in [0.1, 0.15) is 6.04 Å². The summed E-state index contributed by atoms with van der Waals surface area (Å²) in [5.74, 6) is -0.627. The molecule has 0 radical (unpaired) electrons. The van der Waals surface area contributed by atoms with E-state index in [0.717, 1.165) is 0 Å². The van der Waals surface area contributed by atoms with E-state index in [2.05, 4.69) is 11.1 Å². The molecule has 2 aliphatic rings. The van der Waals surface area contributed by atoms with Crippen molar-refractivity contribution in [2.24, 2.45) is 5.92 Å². The van der Waals surface area contributed by atoms with Crippen molar-refractivity contribution in [1.29, 1.82) is 5.26 Å². The summed E-state index contributed by atoms with van der Waals surface area (Å²) in [5.41, 5.74) is 0.643. The summed E-state index contributed by atoms with van der Waals surface area (Å²) < 4.78 is -0.307. The second-order valence-corrected chi connectivity index (χ2v) is 7.42. The normalized spacial score (nSPS) is 32.2. The van der Waals surface area contributed by atoms with Crippen LogP contribution in [0.15, 0.2) is 24.5 Å². The molecule has 2 saturated heterocycles. The average molecular weight is 289 g/mol. The minimum absolute atomic E-state index is 0.127. The number of hydrogen-bond donors (Lipinski definition) is 1. The van der Waals surface area contributed by atoms with Gasteiger partial charge in [-0.2, -0.15) is 5.26 Å². The van der Waals surface area contributed by atoms with Gasteiger partial charge in [0.05, 0.1) is 23.5 Å². The van der Waals surface area contributed by atoms with E-state index in [0.29, 0.717) is 5.56 Å². The fourth-order valence-corrected chi connectivity index (χ4v) is 4.56. The number of β-lactam (4-membered cyclic amide) rings is 1. The van der Waals surface area contributed by atoms with Gasteiger partial charge < -0.3 is 10.0 Å². The molecule has 0 aliphatic carbocycles. The summed E-state index contributed by atoms with van der Waals surface area (Å²) in [6, 6.07) is 5.28. The molecular weight excluding hydrogens is 274 g/mol. The topological polar surface area (TPSA) is 77.2 Å². The number of aromatic nitrogens is 1. The van der Waals surface area contributed by atoms with E-state index in [4.69, 9.17) is 0 Å². The van der Waals surface area contributed by atoms with Gasteiger partial charge in [0.15, 0.2) is 0 Å². The van der Waals surface area contributed by atoms with Gasteiger partial charge in [0, 0.05) is 17.1 Å². The van der Waals surface area contributed by atoms with Crippen molar-refractivity contribution in [3.8, 4) is 6.07 Å². The molecular formula is C14H15N3O2S. The van der Waals surface area contributed by atoms with Crippen molar-refractivity contribution in [2.45, 2.75) is 36.1 Å². The van der Waals surface area contributed by atoms with Crippen LogP contribution in [0.3, 0.4) is 0 Å². The molecule has 2 fully saturated rings. The van der Waals surface area contributed by atoms with Crippen molar-refractivity contribution in [2.75, 3.05) is 0 Å². The number of nitrogens with zero attached hydrogens (tertiary/aromatic N) is 3. The molecule has 3 rings (SSSR count). The first-order valence-electron chi connectivity index (χ1n) is 6.45. The zero-order valence-corrected chi connectivity index (χ0v) is 12.0. The SMILES string of the molecule is CC1(C)S[C@@H]2[C@@H](C(O)c3cccnc3)C(=O)N2[C@H]1C#N. The fraction of sp³-hybridized carbons (Fsp3) is 0.500. The lowest BCUT2D eigenvalue weighted by Crippen LogP contribution is -2.61. The van der Waals surface area contributed by atoms with Crippen molar-refractivity contribution in [1.82, 2.24) is 9.88 Å². The molecule has 1 unspecified atom stereocenters. The van der Waals surface area contributed by atoms with Gasteiger partial charge in [0.2, 0.25) is 5.91 Å². The Labute approximate surface area is 121 Å². The summed E-state index contributed by atoms with van der Waals surface area (Å²) in [4.78, 5) is 17.9. The first-order valence-corrected chi connectivity index (χ1v) is 7.33. The minimum Gasteiger partial charge on any atom is -0.387 e. The van der Waals surface area contributed by atoms with Gasteiger partial charge in [-0.15, -0.1) is 11.8 Å². The first-order chi connectivity index (χ1) is 9.47. The monoisotopic (exact) mass is 289 g/mol. The smallest absolute Gasteiger partial charge is 0.233 e. The highest BCUT2D eigenvalue weighted by atomic mass is 32.2. The van der Waals surface area contributed by atoms with Gasteiger partial charge in [-0.05, 0) is 25.5 Å². The number of fused-ring (bicyclic) bond motifs is 1. The quantitative estimate of drug-likeness (QED) is 0.831. The zero-order valence-electron chi connectivity index (χ0n) is 11.2. The lowest BCUT2D eigenvalue weighted by Gasteiger charge is -2.45. The number of aliphatic hydroxyl groups excluding tert-OH is 1. The molecule has 1 aromatic heterocycles. The van der Waals surface area contributed by atoms with Gasteiger partial charge in [-0.25, -0.2) is 0 Å². The third-order valence-electron chi connectivity index (χ3n) is 3.97. The number of aliphatic hydroxyl groups is 1. The third-order valence-corrected chi connectivity index (χ3v) is 5.56. The zero-order chi connectivity index (χ0) is 14.5. The van der Waals surface area contributed by atoms with Crippen LogP contribution in [0, 0.1) is 17.2 Å². The van der Waals surface area contributed by atoms with E-state index in [-0.39, 0.29) is 16.0 Å². The number of rotatable bonds is 2. The predicted molar refractivity (Wildman–Crippen MR) is 74.4 cm³/mol. The lowest BCUT2D eigenvalue weighted by molar-refractivity contribution is -0.159. The maximum atomic E-state index is 12.3. The van der Waals surface area contributed by atoms with Gasteiger partial charge in [-0.3, -0.25) is 9.78 Å². The number of pyridine rings is 1. The van der Waals surface area contributed by atoms with Crippen LogP contribution >= 0.6 is 11.8 Å². The van der Waals surface area contributed by atoms with Crippen molar-refractivity contribution >= 4 is 17.7 Å². The Morgan fingerprint density at radius 1 is 1.60 bits per heavy atom. The van der Waals surface area contributed by atoms with Crippen molar-refractivity contribution in [3.63, 3.8) is 0 Å². The van der Waals surface area contributed by atoms with Crippen LogP contribution in [0.2, 0.25) is 0 Å². The summed E-state index contributed by atoms with van der Waals surface area (Å²) in [6.45, 7) is 3.93. The van der Waals surface area contributed by atoms with E-state index in [9.17, 15) is 15.2 Å². The Balaban J connectivity index is 1.86. The van der Waals surface area contributed by atoms with Crippen molar-refractivity contribution < 1.29 is 9.90 Å². The molecule has 3 heterocycles. The lowest BCUT2D eigenvalue weighted by atomic mass is 9.86. The van der Waals surface area contributed by atoms with Crippen LogP contribution in [0.1, 0.15) is 25.5 Å². The Morgan fingerprint density at radius 2 is 2.35 bits per heavy atom. The largest absolute Gasteiger partial charge is 0.387 e. The number of hydrogen-bond acceptors (Lipinski definition) is 5. The first kappa shape index (κ1) is 13.4. The minimum atomic E-state index is -0.863. The Bertz CT molecular complexity index is 584. The van der Waals surface area contributed by atoms with Crippen LogP contribution in [0.5, 0.6) is 0 Å². The summed E-state index contributed by atoms with van der Waals surface area (Å²) in [7, 11) is 0. The van der Waals surface area contributed by atoms with Crippen LogP contribution in [0.4, 0.5) is 0 Å². The Kier molecular flexibility index (Phi) is 3.00. The van der Waals surface area contributed by atoms with Crippen molar-refractivity contribution in [3.05, 3.63) is 30.1 Å². The highest BCUT2D eigenvalue weighted by Gasteiger charge is 2.63. The molecule has 5 nitrogen and oxygen atoms in total. The fourth-order valence-electron chi connectivity index (χ4n) is 2.89. The molecule has 1 aromatic rings. The number of nitriles is 1. The Hall–Kier alpha value is -1.58. The summed E-state index contributed by atoms with van der Waals surface area (Å²) in [6.07, 6.45) is 2.34. The molecule has 2 aliphatic heterocycles. The average Bonchev–Trinajstić information content (AvgIpc) is 2.67. The second-order valence-electron chi connectivity index (χ2n) is 5.65. The molecule has 6 heteroatoms. The van der Waals surface area contributed by atoms with E-state index in [1.807, 2.05) is 13.8 Å². The maximum Gasteiger partial charge on any atom is 0.233 e. The number of carbonyl (C=O) groups excluding carboxylic acids is 1. The number of thioether (sulfide) groups is 1. The molecule has 0 spiro atoms. The number of carbonyl (C=O) groups is 1. The standard InChI is InChI=1S/C14H15N3O2S/c1-14(2)9(6-15)17-12(19)10(13(17)20-14)11(18)8-4-3-5-16-7-8/h3-5,7,9-11,13,18H,1-2H3/t9-,10-,11?,13+/m0/s1. The van der Waals surface area contributed by atoms with Gasteiger partial charge >= 0.3 is 0 Å². The van der Waals surface area contributed by atoms with E-state index < -0.39 is 18.1 Å². The Morgan fingerprint density at radius 3 is 2.95 bits per heavy atom. The van der Waals surface area contributed by atoms with Gasteiger partial charge in [0.25, 0.3) is 0 Å². The number of amides is 1. The molecule has 1 amide bonds.